The van der Waals surface area contributed by atoms with E-state index in [-0.39, 0.29) is 18.5 Å². The van der Waals surface area contributed by atoms with Crippen molar-refractivity contribution in [1.82, 2.24) is 10.6 Å². The number of hydrogen-bond acceptors (Lipinski definition) is 4. The van der Waals surface area contributed by atoms with E-state index in [4.69, 9.17) is 4.74 Å². The second kappa shape index (κ2) is 11.2. The average Bonchev–Trinajstić information content (AvgIpc) is 2.27. The van der Waals surface area contributed by atoms with E-state index in [1.807, 2.05) is 13.8 Å². The zero-order valence-electron chi connectivity index (χ0n) is 12.7. The molecule has 0 spiro atoms. The fourth-order valence-electron chi connectivity index (χ4n) is 1.60. The SMILES string of the molecule is CC(C)CCCOCC(O)CNCC(=O)NC(C)C. The average molecular weight is 274 g/mol. The minimum absolute atomic E-state index is 0.0555. The topological polar surface area (TPSA) is 70.6 Å². The molecular formula is C14H30N2O3. The van der Waals surface area contributed by atoms with Crippen LogP contribution in [0.1, 0.15) is 40.5 Å². The molecule has 0 aliphatic carbocycles. The molecule has 5 nitrogen and oxygen atoms in total. The maximum atomic E-state index is 11.3. The first-order valence-electron chi connectivity index (χ1n) is 7.17. The fourth-order valence-corrected chi connectivity index (χ4v) is 1.60. The molecule has 3 N–H and O–H groups in total. The number of amides is 1. The Hall–Kier alpha value is -0.650. The molecule has 0 aliphatic rings. The summed E-state index contributed by atoms with van der Waals surface area (Å²) in [5.74, 6) is 0.634. The van der Waals surface area contributed by atoms with Gasteiger partial charge < -0.3 is 20.5 Å². The van der Waals surface area contributed by atoms with E-state index in [1.54, 1.807) is 0 Å². The fraction of sp³-hybridized carbons (Fsp3) is 0.929. The summed E-state index contributed by atoms with van der Waals surface area (Å²) in [7, 11) is 0. The zero-order chi connectivity index (χ0) is 14.7. The van der Waals surface area contributed by atoms with Crippen molar-refractivity contribution in [3.8, 4) is 0 Å². The van der Waals surface area contributed by atoms with E-state index in [1.165, 1.54) is 0 Å². The molecule has 114 valence electrons. The first-order chi connectivity index (χ1) is 8.91. The van der Waals surface area contributed by atoms with Crippen molar-refractivity contribution in [2.24, 2.45) is 5.92 Å². The Balaban J connectivity index is 3.39. The van der Waals surface area contributed by atoms with Gasteiger partial charge in [0.15, 0.2) is 0 Å². The monoisotopic (exact) mass is 274 g/mol. The van der Waals surface area contributed by atoms with Crippen LogP contribution in [0.15, 0.2) is 0 Å². The zero-order valence-corrected chi connectivity index (χ0v) is 12.7. The molecule has 0 heterocycles. The number of carbonyl (C=O) groups excluding carboxylic acids is 1. The normalized spacial score (nSPS) is 13.0. The van der Waals surface area contributed by atoms with Gasteiger partial charge in [-0.05, 0) is 32.6 Å². The van der Waals surface area contributed by atoms with Crippen molar-refractivity contribution in [3.05, 3.63) is 0 Å². The van der Waals surface area contributed by atoms with Crippen molar-refractivity contribution in [2.75, 3.05) is 26.3 Å². The Morgan fingerprint density at radius 3 is 2.53 bits per heavy atom. The van der Waals surface area contributed by atoms with Crippen molar-refractivity contribution in [3.63, 3.8) is 0 Å². The van der Waals surface area contributed by atoms with Gasteiger partial charge in [-0.2, -0.15) is 0 Å². The Kier molecular flexibility index (Phi) is 10.8. The van der Waals surface area contributed by atoms with Gasteiger partial charge in [0.05, 0.1) is 19.3 Å². The van der Waals surface area contributed by atoms with Crippen LogP contribution in [-0.2, 0) is 9.53 Å². The van der Waals surface area contributed by atoms with E-state index in [9.17, 15) is 9.90 Å². The molecule has 0 radical (unpaired) electrons. The predicted molar refractivity (Wildman–Crippen MR) is 77.0 cm³/mol. The van der Waals surface area contributed by atoms with Crippen molar-refractivity contribution >= 4 is 5.91 Å². The van der Waals surface area contributed by atoms with Crippen LogP contribution in [0.3, 0.4) is 0 Å². The maximum Gasteiger partial charge on any atom is 0.234 e. The quantitative estimate of drug-likeness (QED) is 0.490. The van der Waals surface area contributed by atoms with Gasteiger partial charge in [0, 0.05) is 19.2 Å². The van der Waals surface area contributed by atoms with Crippen LogP contribution < -0.4 is 10.6 Å². The first kappa shape index (κ1) is 18.4. The second-order valence-electron chi connectivity index (χ2n) is 5.62. The highest BCUT2D eigenvalue weighted by Gasteiger charge is 2.06. The van der Waals surface area contributed by atoms with Crippen LogP contribution in [-0.4, -0.2) is 49.5 Å². The lowest BCUT2D eigenvalue weighted by molar-refractivity contribution is -0.120. The minimum Gasteiger partial charge on any atom is -0.389 e. The third kappa shape index (κ3) is 13.6. The third-order valence-electron chi connectivity index (χ3n) is 2.50. The molecule has 0 fully saturated rings. The van der Waals surface area contributed by atoms with Crippen LogP contribution in [0.25, 0.3) is 0 Å². The number of aliphatic hydroxyl groups excluding tert-OH is 1. The predicted octanol–water partition coefficient (Wildman–Crippen LogP) is 0.914. The number of carbonyl (C=O) groups is 1. The summed E-state index contributed by atoms with van der Waals surface area (Å²) in [6.07, 6.45) is 1.60. The molecular weight excluding hydrogens is 244 g/mol. The maximum absolute atomic E-state index is 11.3. The van der Waals surface area contributed by atoms with Gasteiger partial charge in [0.25, 0.3) is 0 Å². The summed E-state index contributed by atoms with van der Waals surface area (Å²) < 4.78 is 5.38. The number of aliphatic hydroxyl groups is 1. The van der Waals surface area contributed by atoms with Gasteiger partial charge >= 0.3 is 0 Å². The Morgan fingerprint density at radius 2 is 1.95 bits per heavy atom. The van der Waals surface area contributed by atoms with Gasteiger partial charge in [0.2, 0.25) is 5.91 Å². The van der Waals surface area contributed by atoms with E-state index < -0.39 is 6.10 Å². The second-order valence-corrected chi connectivity index (χ2v) is 5.62. The Bertz CT molecular complexity index is 233. The minimum atomic E-state index is -0.564. The van der Waals surface area contributed by atoms with Crippen molar-refractivity contribution in [2.45, 2.75) is 52.7 Å². The molecule has 0 aromatic carbocycles. The molecule has 0 aromatic heterocycles. The van der Waals surface area contributed by atoms with Gasteiger partial charge in [-0.1, -0.05) is 13.8 Å². The smallest absolute Gasteiger partial charge is 0.234 e. The Labute approximate surface area is 117 Å². The highest BCUT2D eigenvalue weighted by atomic mass is 16.5. The molecule has 0 aromatic rings. The van der Waals surface area contributed by atoms with E-state index >= 15 is 0 Å². The summed E-state index contributed by atoms with van der Waals surface area (Å²) in [4.78, 5) is 11.3. The molecule has 0 saturated carbocycles. The summed E-state index contributed by atoms with van der Waals surface area (Å²) in [6.45, 7) is 9.79. The highest BCUT2D eigenvalue weighted by molar-refractivity contribution is 5.78. The van der Waals surface area contributed by atoms with Crippen LogP contribution in [0.2, 0.25) is 0 Å². The Morgan fingerprint density at radius 1 is 1.26 bits per heavy atom. The van der Waals surface area contributed by atoms with Crippen LogP contribution in [0.4, 0.5) is 0 Å². The van der Waals surface area contributed by atoms with Gasteiger partial charge in [-0.3, -0.25) is 4.79 Å². The van der Waals surface area contributed by atoms with Gasteiger partial charge in [-0.15, -0.1) is 0 Å². The first-order valence-corrected chi connectivity index (χ1v) is 7.17. The van der Waals surface area contributed by atoms with Crippen molar-refractivity contribution < 1.29 is 14.6 Å². The molecule has 5 heteroatoms. The van der Waals surface area contributed by atoms with Gasteiger partial charge in [0.1, 0.15) is 0 Å². The highest BCUT2D eigenvalue weighted by Crippen LogP contribution is 2.03. The summed E-state index contributed by atoms with van der Waals surface area (Å²) in [5.41, 5.74) is 0. The lowest BCUT2D eigenvalue weighted by atomic mass is 10.1. The molecule has 1 unspecified atom stereocenters. The number of hydrogen-bond donors (Lipinski definition) is 3. The summed E-state index contributed by atoms with van der Waals surface area (Å²) in [6, 6.07) is 0.142. The molecule has 0 bridgehead atoms. The standard InChI is InChI=1S/C14H30N2O3/c1-11(2)6-5-7-19-10-13(17)8-15-9-14(18)16-12(3)4/h11-13,15,17H,5-10H2,1-4H3,(H,16,18). The van der Waals surface area contributed by atoms with Gasteiger partial charge in [-0.25, -0.2) is 0 Å². The van der Waals surface area contributed by atoms with Crippen molar-refractivity contribution in [1.29, 1.82) is 0 Å². The molecule has 0 rings (SSSR count). The molecule has 0 aliphatic heterocycles. The molecule has 1 atom stereocenters. The largest absolute Gasteiger partial charge is 0.389 e. The summed E-state index contributed by atoms with van der Waals surface area (Å²) in [5, 5.41) is 15.3. The van der Waals surface area contributed by atoms with E-state index in [0.717, 1.165) is 12.8 Å². The van der Waals surface area contributed by atoms with E-state index in [2.05, 4.69) is 24.5 Å². The summed E-state index contributed by atoms with van der Waals surface area (Å²) >= 11 is 0. The van der Waals surface area contributed by atoms with Crippen LogP contribution in [0, 0.1) is 5.92 Å². The molecule has 0 saturated heterocycles. The van der Waals surface area contributed by atoms with Crippen LogP contribution >= 0.6 is 0 Å². The number of ether oxygens (including phenoxy) is 1. The lowest BCUT2D eigenvalue weighted by Gasteiger charge is -2.13. The third-order valence-corrected chi connectivity index (χ3v) is 2.50. The number of rotatable bonds is 11. The van der Waals surface area contributed by atoms with Crippen LogP contribution in [0.5, 0.6) is 0 Å². The lowest BCUT2D eigenvalue weighted by Crippen LogP contribution is -2.40. The molecule has 1 amide bonds. The number of nitrogens with one attached hydrogen (secondary N) is 2. The van der Waals surface area contributed by atoms with E-state index in [0.29, 0.717) is 25.7 Å². The molecule has 19 heavy (non-hydrogen) atoms.